The number of hydrogen-bond donors (Lipinski definition) is 1. The van der Waals surface area contributed by atoms with E-state index in [1.807, 2.05) is 0 Å². The molecule has 2 N–H and O–H groups in total. The standard InChI is InChI=1S/C14H20N4O3/c1-9-5-10(2)7-18(6-9)11(19)8-21-14(20)12-13(15)17-4-3-16-12/h3-4,9-10H,5-8H2,1-2H3,(H2,15,17)/t9-,10-/m0/s1. The van der Waals surface area contributed by atoms with Crippen LogP contribution < -0.4 is 5.73 Å². The third kappa shape index (κ3) is 3.90. The summed E-state index contributed by atoms with van der Waals surface area (Å²) >= 11 is 0. The van der Waals surface area contributed by atoms with E-state index in [-0.39, 0.29) is 24.0 Å². The summed E-state index contributed by atoms with van der Waals surface area (Å²) in [7, 11) is 0. The Balaban J connectivity index is 1.89. The first kappa shape index (κ1) is 15.2. The molecule has 21 heavy (non-hydrogen) atoms. The van der Waals surface area contributed by atoms with E-state index in [9.17, 15) is 9.59 Å². The SMILES string of the molecule is C[C@H]1C[C@H](C)CN(C(=O)COC(=O)c2nccnc2N)C1. The molecule has 1 aromatic heterocycles. The summed E-state index contributed by atoms with van der Waals surface area (Å²) in [5, 5.41) is 0. The number of nitrogens with two attached hydrogens (primary N) is 1. The summed E-state index contributed by atoms with van der Waals surface area (Å²) in [5.74, 6) is -0.000457. The Labute approximate surface area is 123 Å². The molecule has 1 aromatic rings. The number of ether oxygens (including phenoxy) is 1. The Bertz CT molecular complexity index is 525. The highest BCUT2D eigenvalue weighted by Crippen LogP contribution is 2.20. The molecule has 0 spiro atoms. The fraction of sp³-hybridized carbons (Fsp3) is 0.571. The maximum absolute atomic E-state index is 12.1. The van der Waals surface area contributed by atoms with Gasteiger partial charge in [-0.25, -0.2) is 14.8 Å². The number of esters is 1. The smallest absolute Gasteiger partial charge is 0.361 e. The topological polar surface area (TPSA) is 98.4 Å². The van der Waals surface area contributed by atoms with Gasteiger partial charge in [0.05, 0.1) is 0 Å². The summed E-state index contributed by atoms with van der Waals surface area (Å²) < 4.78 is 4.98. The van der Waals surface area contributed by atoms with Crippen LogP contribution in [-0.2, 0) is 9.53 Å². The second-order valence-corrected chi connectivity index (χ2v) is 5.61. The predicted molar refractivity (Wildman–Crippen MR) is 76.3 cm³/mol. The summed E-state index contributed by atoms with van der Waals surface area (Å²) in [6, 6.07) is 0. The van der Waals surface area contributed by atoms with Crippen LogP contribution in [0.3, 0.4) is 0 Å². The molecule has 7 heteroatoms. The van der Waals surface area contributed by atoms with E-state index in [1.165, 1.54) is 12.4 Å². The third-order valence-electron chi connectivity index (χ3n) is 3.47. The van der Waals surface area contributed by atoms with Crippen molar-refractivity contribution in [2.75, 3.05) is 25.4 Å². The van der Waals surface area contributed by atoms with Gasteiger partial charge in [0.1, 0.15) is 0 Å². The van der Waals surface area contributed by atoms with Gasteiger partial charge in [-0.2, -0.15) is 0 Å². The highest BCUT2D eigenvalue weighted by Gasteiger charge is 2.26. The molecular formula is C14H20N4O3. The second-order valence-electron chi connectivity index (χ2n) is 5.61. The van der Waals surface area contributed by atoms with Crippen molar-refractivity contribution in [1.82, 2.24) is 14.9 Å². The molecule has 2 atom stereocenters. The molecule has 0 unspecified atom stereocenters. The molecule has 0 saturated carbocycles. The third-order valence-corrected chi connectivity index (χ3v) is 3.47. The Hall–Kier alpha value is -2.18. The van der Waals surface area contributed by atoms with Gasteiger partial charge in [-0.05, 0) is 18.3 Å². The van der Waals surface area contributed by atoms with Crippen LogP contribution in [0.25, 0.3) is 0 Å². The van der Waals surface area contributed by atoms with Crippen molar-refractivity contribution in [3.05, 3.63) is 18.1 Å². The number of hydrogen-bond acceptors (Lipinski definition) is 6. The van der Waals surface area contributed by atoms with Crippen molar-refractivity contribution in [2.45, 2.75) is 20.3 Å². The molecule has 0 aliphatic carbocycles. The van der Waals surface area contributed by atoms with E-state index in [2.05, 4.69) is 23.8 Å². The number of nitrogens with zero attached hydrogens (tertiary/aromatic N) is 3. The molecule has 0 bridgehead atoms. The van der Waals surface area contributed by atoms with E-state index < -0.39 is 5.97 Å². The Morgan fingerprint density at radius 3 is 2.52 bits per heavy atom. The van der Waals surface area contributed by atoms with Gasteiger partial charge in [-0.3, -0.25) is 4.79 Å². The number of rotatable bonds is 3. The first-order valence-corrected chi connectivity index (χ1v) is 6.98. The highest BCUT2D eigenvalue weighted by atomic mass is 16.5. The molecule has 1 aliphatic rings. The summed E-state index contributed by atoms with van der Waals surface area (Å²) in [6.45, 7) is 5.33. The molecular weight excluding hydrogens is 272 g/mol. The van der Waals surface area contributed by atoms with Crippen LogP contribution in [0.2, 0.25) is 0 Å². The van der Waals surface area contributed by atoms with Crippen molar-refractivity contribution in [1.29, 1.82) is 0 Å². The van der Waals surface area contributed by atoms with Gasteiger partial charge in [-0.1, -0.05) is 13.8 Å². The quantitative estimate of drug-likeness (QED) is 0.824. The number of carbonyl (C=O) groups excluding carboxylic acids is 2. The van der Waals surface area contributed by atoms with Gasteiger partial charge in [0.15, 0.2) is 18.1 Å². The van der Waals surface area contributed by atoms with Crippen LogP contribution in [0.15, 0.2) is 12.4 Å². The largest absolute Gasteiger partial charge is 0.451 e. The normalized spacial score (nSPS) is 21.9. The predicted octanol–water partition coefficient (Wildman–Crippen LogP) is 0.720. The minimum atomic E-state index is -0.730. The number of likely N-dealkylation sites (tertiary alicyclic amines) is 1. The maximum atomic E-state index is 12.1. The monoisotopic (exact) mass is 292 g/mol. The first-order chi connectivity index (χ1) is 9.97. The van der Waals surface area contributed by atoms with Gasteiger partial charge in [0.25, 0.3) is 5.91 Å². The van der Waals surface area contributed by atoms with Crippen LogP contribution in [0.5, 0.6) is 0 Å². The van der Waals surface area contributed by atoms with E-state index >= 15 is 0 Å². The molecule has 114 valence electrons. The fourth-order valence-corrected chi connectivity index (χ4v) is 2.66. The maximum Gasteiger partial charge on any atom is 0.361 e. The molecule has 7 nitrogen and oxygen atoms in total. The molecule has 2 heterocycles. The molecule has 1 aliphatic heterocycles. The zero-order valence-corrected chi connectivity index (χ0v) is 12.3. The molecule has 1 amide bonds. The highest BCUT2D eigenvalue weighted by molar-refractivity contribution is 5.93. The average Bonchev–Trinajstić information content (AvgIpc) is 2.43. The summed E-state index contributed by atoms with van der Waals surface area (Å²) in [4.78, 5) is 33.2. The second kappa shape index (κ2) is 6.51. The Kier molecular flexibility index (Phi) is 4.72. The van der Waals surface area contributed by atoms with Crippen LogP contribution in [-0.4, -0.2) is 46.4 Å². The lowest BCUT2D eigenvalue weighted by molar-refractivity contribution is -0.137. The lowest BCUT2D eigenvalue weighted by atomic mass is 9.92. The number of anilines is 1. The number of amides is 1. The molecule has 0 radical (unpaired) electrons. The summed E-state index contributed by atoms with van der Waals surface area (Å²) in [5.41, 5.74) is 5.47. The zero-order chi connectivity index (χ0) is 15.4. The zero-order valence-electron chi connectivity index (χ0n) is 12.3. The van der Waals surface area contributed by atoms with Gasteiger partial charge in [0.2, 0.25) is 0 Å². The van der Waals surface area contributed by atoms with E-state index in [0.29, 0.717) is 24.9 Å². The van der Waals surface area contributed by atoms with Crippen LogP contribution >= 0.6 is 0 Å². The number of piperidine rings is 1. The van der Waals surface area contributed by atoms with Crippen LogP contribution in [0, 0.1) is 11.8 Å². The first-order valence-electron chi connectivity index (χ1n) is 6.98. The molecule has 1 saturated heterocycles. The lowest BCUT2D eigenvalue weighted by Crippen LogP contribution is -2.44. The van der Waals surface area contributed by atoms with Crippen molar-refractivity contribution in [2.24, 2.45) is 11.8 Å². The van der Waals surface area contributed by atoms with Crippen molar-refractivity contribution in [3.63, 3.8) is 0 Å². The minimum Gasteiger partial charge on any atom is -0.451 e. The lowest BCUT2D eigenvalue weighted by Gasteiger charge is -2.34. The van der Waals surface area contributed by atoms with E-state index in [4.69, 9.17) is 10.5 Å². The number of carbonyl (C=O) groups is 2. The minimum absolute atomic E-state index is 0.00448. The Morgan fingerprint density at radius 2 is 1.90 bits per heavy atom. The number of nitrogen functional groups attached to an aromatic ring is 1. The Morgan fingerprint density at radius 1 is 1.29 bits per heavy atom. The van der Waals surface area contributed by atoms with E-state index in [1.54, 1.807) is 4.90 Å². The van der Waals surface area contributed by atoms with Crippen molar-refractivity contribution < 1.29 is 14.3 Å². The van der Waals surface area contributed by atoms with Gasteiger partial charge >= 0.3 is 5.97 Å². The van der Waals surface area contributed by atoms with Gasteiger partial charge < -0.3 is 15.4 Å². The van der Waals surface area contributed by atoms with E-state index in [0.717, 1.165) is 6.42 Å². The van der Waals surface area contributed by atoms with Crippen LogP contribution in [0.1, 0.15) is 30.8 Å². The number of aromatic nitrogens is 2. The van der Waals surface area contributed by atoms with Crippen molar-refractivity contribution in [3.8, 4) is 0 Å². The van der Waals surface area contributed by atoms with Gasteiger partial charge in [0, 0.05) is 25.5 Å². The molecule has 1 fully saturated rings. The van der Waals surface area contributed by atoms with Gasteiger partial charge in [-0.15, -0.1) is 0 Å². The molecule has 0 aromatic carbocycles. The van der Waals surface area contributed by atoms with Crippen molar-refractivity contribution >= 4 is 17.7 Å². The molecule has 2 rings (SSSR count). The van der Waals surface area contributed by atoms with Crippen LogP contribution in [0.4, 0.5) is 5.82 Å². The fourth-order valence-electron chi connectivity index (χ4n) is 2.66. The average molecular weight is 292 g/mol. The summed E-state index contributed by atoms with van der Waals surface area (Å²) in [6.07, 6.45) is 3.84.